The van der Waals surface area contributed by atoms with Crippen LogP contribution in [0.1, 0.15) is 34.6 Å². The molecule has 1 amide bonds. The maximum Gasteiger partial charge on any atom is 0.408 e. The van der Waals surface area contributed by atoms with Crippen LogP contribution in [0.5, 0.6) is 0 Å². The molecule has 17 heavy (non-hydrogen) atoms. The summed E-state index contributed by atoms with van der Waals surface area (Å²) in [5.74, 6) is 0.210. The van der Waals surface area contributed by atoms with Gasteiger partial charge in [-0.25, -0.2) is 4.79 Å². The van der Waals surface area contributed by atoms with Gasteiger partial charge in [0.2, 0.25) is 0 Å². The molecule has 0 aromatic rings. The first-order valence-electron chi connectivity index (χ1n) is 5.62. The van der Waals surface area contributed by atoms with E-state index < -0.39 is 11.7 Å². The van der Waals surface area contributed by atoms with Crippen molar-refractivity contribution in [2.45, 2.75) is 46.3 Å². The van der Waals surface area contributed by atoms with Crippen LogP contribution in [0.2, 0.25) is 0 Å². The van der Waals surface area contributed by atoms with Crippen LogP contribution < -0.4 is 5.32 Å². The summed E-state index contributed by atoms with van der Waals surface area (Å²) in [6.07, 6.45) is 1.32. The van der Waals surface area contributed by atoms with Crippen LogP contribution in [0.3, 0.4) is 0 Å². The molecule has 5 heteroatoms. The first-order valence-corrected chi connectivity index (χ1v) is 6.41. The Kier molecular flexibility index (Phi) is 6.78. The maximum atomic E-state index is 11.6. The molecule has 0 radical (unpaired) electrons. The molecule has 0 saturated carbocycles. The van der Waals surface area contributed by atoms with Crippen molar-refractivity contribution in [1.82, 2.24) is 5.32 Å². The highest BCUT2D eigenvalue weighted by atomic mass is 79.9. The lowest BCUT2D eigenvalue weighted by molar-refractivity contribution is 0.0503. The standard InChI is InChI=1S/C12H22BrNO3/c1-8(2)10(6-9(13)7-15)14-11(16)17-12(3,4)5/h6,8,10,15H,7H2,1-5H3,(H,14,16). The number of hydrogen-bond acceptors (Lipinski definition) is 3. The van der Waals surface area contributed by atoms with Crippen LogP contribution in [0.15, 0.2) is 10.6 Å². The first kappa shape index (κ1) is 16.4. The van der Waals surface area contributed by atoms with E-state index in [0.717, 1.165) is 0 Å². The van der Waals surface area contributed by atoms with Crippen molar-refractivity contribution in [2.75, 3.05) is 6.61 Å². The smallest absolute Gasteiger partial charge is 0.408 e. The highest BCUT2D eigenvalue weighted by Crippen LogP contribution is 2.12. The molecule has 0 saturated heterocycles. The Morgan fingerprint density at radius 2 is 2.00 bits per heavy atom. The number of nitrogens with one attached hydrogen (secondary N) is 1. The predicted octanol–water partition coefficient (Wildman–Crippen LogP) is 2.81. The van der Waals surface area contributed by atoms with Crippen molar-refractivity contribution in [3.05, 3.63) is 10.6 Å². The van der Waals surface area contributed by atoms with Gasteiger partial charge in [0.25, 0.3) is 0 Å². The fourth-order valence-corrected chi connectivity index (χ4v) is 1.38. The van der Waals surface area contributed by atoms with Crippen molar-refractivity contribution < 1.29 is 14.6 Å². The van der Waals surface area contributed by atoms with Crippen LogP contribution in [0, 0.1) is 5.92 Å². The molecule has 0 bridgehead atoms. The fraction of sp³-hybridized carbons (Fsp3) is 0.750. The molecule has 2 N–H and O–H groups in total. The second kappa shape index (κ2) is 7.01. The van der Waals surface area contributed by atoms with Gasteiger partial charge in [-0.05, 0) is 32.8 Å². The summed E-state index contributed by atoms with van der Waals surface area (Å²) in [7, 11) is 0. The van der Waals surface area contributed by atoms with Gasteiger partial charge < -0.3 is 15.2 Å². The number of amides is 1. The Bertz CT molecular complexity index is 282. The van der Waals surface area contributed by atoms with Crippen LogP contribution >= 0.6 is 15.9 Å². The number of halogens is 1. The van der Waals surface area contributed by atoms with Gasteiger partial charge in [-0.3, -0.25) is 0 Å². The van der Waals surface area contributed by atoms with Gasteiger partial charge in [-0.1, -0.05) is 29.8 Å². The summed E-state index contributed by atoms with van der Waals surface area (Å²) in [6, 6.07) is -0.175. The normalized spacial score (nSPS) is 14.7. The molecule has 0 spiro atoms. The number of alkyl carbamates (subject to hydrolysis) is 1. The van der Waals surface area contributed by atoms with E-state index in [9.17, 15) is 4.79 Å². The Hall–Kier alpha value is -0.550. The summed E-state index contributed by atoms with van der Waals surface area (Å²) in [4.78, 5) is 11.6. The molecule has 0 aromatic carbocycles. The number of ether oxygens (including phenoxy) is 1. The molecular weight excluding hydrogens is 286 g/mol. The summed E-state index contributed by atoms with van der Waals surface area (Å²) < 4.78 is 5.82. The zero-order chi connectivity index (χ0) is 13.6. The highest BCUT2D eigenvalue weighted by molar-refractivity contribution is 9.11. The van der Waals surface area contributed by atoms with E-state index in [2.05, 4.69) is 21.2 Å². The van der Waals surface area contributed by atoms with Gasteiger partial charge in [-0.15, -0.1) is 0 Å². The molecule has 0 heterocycles. The Morgan fingerprint density at radius 1 is 1.47 bits per heavy atom. The Labute approximate surface area is 112 Å². The second-order valence-corrected chi connectivity index (χ2v) is 6.21. The highest BCUT2D eigenvalue weighted by Gasteiger charge is 2.20. The van der Waals surface area contributed by atoms with Crippen molar-refractivity contribution in [3.63, 3.8) is 0 Å². The van der Waals surface area contributed by atoms with Gasteiger partial charge in [0.1, 0.15) is 5.60 Å². The van der Waals surface area contributed by atoms with E-state index >= 15 is 0 Å². The third kappa shape index (κ3) is 8.21. The summed E-state index contributed by atoms with van der Waals surface area (Å²) in [6.45, 7) is 9.33. The minimum absolute atomic E-state index is 0.0841. The van der Waals surface area contributed by atoms with Gasteiger partial charge in [0.15, 0.2) is 0 Å². The minimum atomic E-state index is -0.510. The quantitative estimate of drug-likeness (QED) is 0.839. The van der Waals surface area contributed by atoms with E-state index in [0.29, 0.717) is 4.48 Å². The van der Waals surface area contributed by atoms with Gasteiger partial charge in [0.05, 0.1) is 12.6 Å². The predicted molar refractivity (Wildman–Crippen MR) is 72.1 cm³/mol. The number of carbonyl (C=O) groups excluding carboxylic acids is 1. The molecular formula is C12H22BrNO3. The van der Waals surface area contributed by atoms with Crippen molar-refractivity contribution in [2.24, 2.45) is 5.92 Å². The van der Waals surface area contributed by atoms with Crippen LogP contribution in [-0.2, 0) is 4.74 Å². The second-order valence-electron chi connectivity index (χ2n) is 5.19. The maximum absolute atomic E-state index is 11.6. The van der Waals surface area contributed by atoms with E-state index in [1.54, 1.807) is 6.08 Å². The van der Waals surface area contributed by atoms with E-state index in [-0.39, 0.29) is 18.6 Å². The monoisotopic (exact) mass is 307 g/mol. The van der Waals surface area contributed by atoms with Crippen molar-refractivity contribution in [1.29, 1.82) is 0 Å². The third-order valence-electron chi connectivity index (χ3n) is 1.91. The van der Waals surface area contributed by atoms with Crippen LogP contribution in [0.25, 0.3) is 0 Å². The minimum Gasteiger partial charge on any atom is -0.444 e. The SMILES string of the molecule is CC(C)C(C=C(Br)CO)NC(=O)OC(C)(C)C. The summed E-state index contributed by atoms with van der Waals surface area (Å²) in [5, 5.41) is 11.7. The molecule has 0 aromatic heterocycles. The van der Waals surface area contributed by atoms with Crippen LogP contribution in [-0.4, -0.2) is 29.4 Å². The number of rotatable bonds is 4. The molecule has 1 unspecified atom stereocenters. The zero-order valence-corrected chi connectivity index (χ0v) is 12.7. The Morgan fingerprint density at radius 3 is 2.35 bits per heavy atom. The summed E-state index contributed by atoms with van der Waals surface area (Å²) in [5.41, 5.74) is -0.510. The van der Waals surface area contributed by atoms with Crippen LogP contribution in [0.4, 0.5) is 4.79 Å². The summed E-state index contributed by atoms with van der Waals surface area (Å²) >= 11 is 3.22. The number of aliphatic hydroxyl groups excluding tert-OH is 1. The molecule has 4 nitrogen and oxygen atoms in total. The molecule has 0 aliphatic carbocycles. The molecule has 100 valence electrons. The van der Waals surface area contributed by atoms with Gasteiger partial charge >= 0.3 is 6.09 Å². The molecule has 0 aliphatic heterocycles. The largest absolute Gasteiger partial charge is 0.444 e. The van der Waals surface area contributed by atoms with Crippen molar-refractivity contribution >= 4 is 22.0 Å². The van der Waals surface area contributed by atoms with Crippen molar-refractivity contribution in [3.8, 4) is 0 Å². The average Bonchev–Trinajstić information content (AvgIpc) is 2.13. The molecule has 0 rings (SSSR count). The number of carbonyl (C=O) groups is 1. The third-order valence-corrected chi connectivity index (χ3v) is 2.43. The molecule has 0 fully saturated rings. The number of hydrogen-bond donors (Lipinski definition) is 2. The van der Waals surface area contributed by atoms with Gasteiger partial charge in [-0.2, -0.15) is 0 Å². The molecule has 0 aliphatic rings. The van der Waals surface area contributed by atoms with E-state index in [4.69, 9.17) is 9.84 Å². The lowest BCUT2D eigenvalue weighted by Crippen LogP contribution is -2.40. The van der Waals surface area contributed by atoms with Gasteiger partial charge in [0, 0.05) is 4.48 Å². The topological polar surface area (TPSA) is 58.6 Å². The Balaban J connectivity index is 4.52. The average molecular weight is 308 g/mol. The lowest BCUT2D eigenvalue weighted by atomic mass is 10.0. The zero-order valence-electron chi connectivity index (χ0n) is 11.1. The van der Waals surface area contributed by atoms with E-state index in [1.165, 1.54) is 0 Å². The first-order chi connectivity index (χ1) is 7.65. The number of aliphatic hydroxyl groups is 1. The fourth-order valence-electron chi connectivity index (χ4n) is 1.09. The molecule has 1 atom stereocenters. The van der Waals surface area contributed by atoms with E-state index in [1.807, 2.05) is 34.6 Å². The lowest BCUT2D eigenvalue weighted by Gasteiger charge is -2.24.